The third-order valence-corrected chi connectivity index (χ3v) is 3.89. The van der Waals surface area contributed by atoms with Gasteiger partial charge >= 0.3 is 0 Å². The number of likely N-dealkylation sites (N-methyl/N-ethyl adjacent to an activating group) is 1. The first-order chi connectivity index (χ1) is 9.15. The Morgan fingerprint density at radius 2 is 2.16 bits per heavy atom. The van der Waals surface area contributed by atoms with E-state index in [0.717, 1.165) is 36.1 Å². The van der Waals surface area contributed by atoms with E-state index in [1.807, 2.05) is 35.4 Å². The van der Waals surface area contributed by atoms with Crippen molar-refractivity contribution in [1.29, 1.82) is 0 Å². The number of hydrogen-bond donors (Lipinski definition) is 1. The van der Waals surface area contributed by atoms with Crippen LogP contribution >= 0.6 is 0 Å². The summed E-state index contributed by atoms with van der Waals surface area (Å²) in [5.41, 5.74) is 1.79. The Morgan fingerprint density at radius 1 is 1.32 bits per heavy atom. The molecule has 1 fully saturated rings. The molecule has 0 radical (unpaired) electrons. The fourth-order valence-electron chi connectivity index (χ4n) is 2.79. The Labute approximate surface area is 113 Å². The van der Waals surface area contributed by atoms with E-state index in [0.29, 0.717) is 0 Å². The van der Waals surface area contributed by atoms with E-state index >= 15 is 0 Å². The number of piperazine rings is 1. The molecule has 1 saturated heterocycles. The lowest BCUT2D eigenvalue weighted by Gasteiger charge is -2.38. The maximum Gasteiger partial charge on any atom is 0.254 e. The minimum Gasteiger partial charge on any atom is -0.361 e. The fraction of sp³-hybridized carbons (Fsp3) is 0.400. The molecule has 1 N–H and O–H groups in total. The zero-order valence-corrected chi connectivity index (χ0v) is 11.4. The predicted molar refractivity (Wildman–Crippen MR) is 76.3 cm³/mol. The van der Waals surface area contributed by atoms with Gasteiger partial charge in [-0.25, -0.2) is 0 Å². The lowest BCUT2D eigenvalue weighted by atomic mass is 10.1. The molecular weight excluding hydrogens is 238 g/mol. The first-order valence-electron chi connectivity index (χ1n) is 6.72. The number of nitrogens with zero attached hydrogens (tertiary/aromatic N) is 2. The quantitative estimate of drug-likeness (QED) is 0.848. The molecule has 2 aromatic rings. The smallest absolute Gasteiger partial charge is 0.254 e. The predicted octanol–water partition coefficient (Wildman–Crippen LogP) is 1.94. The molecule has 1 aromatic carbocycles. The number of aromatic nitrogens is 1. The number of carbonyl (C=O) groups is 1. The number of fused-ring (bicyclic) bond motifs is 1. The van der Waals surface area contributed by atoms with Gasteiger partial charge in [0, 0.05) is 43.0 Å². The molecule has 0 bridgehead atoms. The van der Waals surface area contributed by atoms with E-state index in [1.54, 1.807) is 0 Å². The van der Waals surface area contributed by atoms with Gasteiger partial charge in [-0.15, -0.1) is 0 Å². The standard InChI is InChI=1S/C15H19N3O/c1-11-10-17(2)7-8-18(11)15(19)13-4-3-12-5-6-16-14(12)9-13/h3-6,9,11,16H,7-8,10H2,1-2H3. The summed E-state index contributed by atoms with van der Waals surface area (Å²) < 4.78 is 0. The van der Waals surface area contributed by atoms with E-state index in [1.165, 1.54) is 0 Å². The number of hydrogen-bond acceptors (Lipinski definition) is 2. The molecule has 0 aliphatic carbocycles. The average Bonchev–Trinajstić information content (AvgIpc) is 2.85. The van der Waals surface area contributed by atoms with E-state index in [-0.39, 0.29) is 11.9 Å². The summed E-state index contributed by atoms with van der Waals surface area (Å²) in [5.74, 6) is 0.136. The second kappa shape index (κ2) is 4.70. The van der Waals surface area contributed by atoms with Crippen LogP contribution in [0.1, 0.15) is 17.3 Å². The van der Waals surface area contributed by atoms with Crippen LogP contribution in [0.5, 0.6) is 0 Å². The van der Waals surface area contributed by atoms with Crippen molar-refractivity contribution < 1.29 is 4.79 Å². The minimum atomic E-state index is 0.136. The number of benzene rings is 1. The molecule has 3 rings (SSSR count). The molecule has 0 spiro atoms. The first kappa shape index (κ1) is 12.2. The summed E-state index contributed by atoms with van der Waals surface area (Å²) >= 11 is 0. The van der Waals surface area contributed by atoms with E-state index in [4.69, 9.17) is 0 Å². The van der Waals surface area contributed by atoms with Crippen molar-refractivity contribution in [2.24, 2.45) is 0 Å². The highest BCUT2D eigenvalue weighted by Gasteiger charge is 2.26. The van der Waals surface area contributed by atoms with Gasteiger partial charge in [-0.3, -0.25) is 4.79 Å². The van der Waals surface area contributed by atoms with Crippen LogP contribution in [0.4, 0.5) is 0 Å². The Morgan fingerprint density at radius 3 is 2.95 bits per heavy atom. The van der Waals surface area contributed by atoms with Gasteiger partial charge in [0.15, 0.2) is 0 Å². The maximum atomic E-state index is 12.6. The molecular formula is C15H19N3O. The van der Waals surface area contributed by atoms with Gasteiger partial charge in [-0.1, -0.05) is 6.07 Å². The molecule has 19 heavy (non-hydrogen) atoms. The molecule has 1 aliphatic heterocycles. The summed E-state index contributed by atoms with van der Waals surface area (Å²) in [6, 6.07) is 8.15. The SMILES string of the molecule is CC1CN(C)CCN1C(=O)c1ccc2cc[nH]c2c1. The van der Waals surface area contributed by atoms with Crippen LogP contribution in [0.2, 0.25) is 0 Å². The highest BCUT2D eigenvalue weighted by Crippen LogP contribution is 2.18. The van der Waals surface area contributed by atoms with Crippen LogP contribution < -0.4 is 0 Å². The molecule has 100 valence electrons. The second-order valence-corrected chi connectivity index (χ2v) is 5.39. The van der Waals surface area contributed by atoms with Crippen LogP contribution in [0.3, 0.4) is 0 Å². The third-order valence-electron chi connectivity index (χ3n) is 3.89. The third kappa shape index (κ3) is 2.24. The van der Waals surface area contributed by atoms with Crippen molar-refractivity contribution in [2.75, 3.05) is 26.7 Å². The summed E-state index contributed by atoms with van der Waals surface area (Å²) in [5, 5.41) is 1.14. The zero-order valence-electron chi connectivity index (χ0n) is 11.4. The van der Waals surface area contributed by atoms with Gasteiger partial charge < -0.3 is 14.8 Å². The molecule has 1 aliphatic rings. The van der Waals surface area contributed by atoms with Gasteiger partial charge in [0.25, 0.3) is 5.91 Å². The molecule has 1 amide bonds. The molecule has 0 saturated carbocycles. The van der Waals surface area contributed by atoms with Crippen LogP contribution in [-0.4, -0.2) is 53.4 Å². The highest BCUT2D eigenvalue weighted by atomic mass is 16.2. The Kier molecular flexibility index (Phi) is 3.03. The topological polar surface area (TPSA) is 39.3 Å². The van der Waals surface area contributed by atoms with E-state index < -0.39 is 0 Å². The lowest BCUT2D eigenvalue weighted by molar-refractivity contribution is 0.0533. The number of rotatable bonds is 1. The van der Waals surface area contributed by atoms with Crippen molar-refractivity contribution in [2.45, 2.75) is 13.0 Å². The molecule has 4 nitrogen and oxygen atoms in total. The van der Waals surface area contributed by atoms with Gasteiger partial charge in [-0.05, 0) is 37.6 Å². The van der Waals surface area contributed by atoms with Crippen LogP contribution in [0.15, 0.2) is 30.5 Å². The van der Waals surface area contributed by atoms with Crippen molar-refractivity contribution in [3.05, 3.63) is 36.0 Å². The number of nitrogens with one attached hydrogen (secondary N) is 1. The summed E-state index contributed by atoms with van der Waals surface area (Å²) in [4.78, 5) is 20.0. The number of H-pyrrole nitrogens is 1. The van der Waals surface area contributed by atoms with Crippen LogP contribution in [0, 0.1) is 0 Å². The first-order valence-corrected chi connectivity index (χ1v) is 6.72. The number of carbonyl (C=O) groups excluding carboxylic acids is 1. The van der Waals surface area contributed by atoms with Gasteiger partial charge in [0.05, 0.1) is 0 Å². The minimum absolute atomic E-state index is 0.136. The van der Waals surface area contributed by atoms with E-state index in [9.17, 15) is 4.79 Å². The van der Waals surface area contributed by atoms with Gasteiger partial charge in [-0.2, -0.15) is 0 Å². The Hall–Kier alpha value is -1.81. The normalized spacial score (nSPS) is 20.9. The van der Waals surface area contributed by atoms with Crippen molar-refractivity contribution >= 4 is 16.8 Å². The van der Waals surface area contributed by atoms with Crippen LogP contribution in [-0.2, 0) is 0 Å². The summed E-state index contributed by atoms with van der Waals surface area (Å²) in [7, 11) is 2.10. The maximum absolute atomic E-state index is 12.6. The summed E-state index contributed by atoms with van der Waals surface area (Å²) in [6.45, 7) is 4.80. The lowest BCUT2D eigenvalue weighted by Crippen LogP contribution is -2.52. The molecule has 1 unspecified atom stereocenters. The number of amides is 1. The monoisotopic (exact) mass is 257 g/mol. The molecule has 2 heterocycles. The van der Waals surface area contributed by atoms with Crippen molar-refractivity contribution in [1.82, 2.24) is 14.8 Å². The fourth-order valence-corrected chi connectivity index (χ4v) is 2.79. The molecule has 4 heteroatoms. The number of aromatic amines is 1. The molecule has 1 atom stereocenters. The van der Waals surface area contributed by atoms with Crippen molar-refractivity contribution in [3.63, 3.8) is 0 Å². The van der Waals surface area contributed by atoms with E-state index in [2.05, 4.69) is 23.9 Å². The zero-order chi connectivity index (χ0) is 13.4. The van der Waals surface area contributed by atoms with Gasteiger partial charge in [0.2, 0.25) is 0 Å². The Balaban J connectivity index is 1.86. The van der Waals surface area contributed by atoms with Gasteiger partial charge in [0.1, 0.15) is 0 Å². The second-order valence-electron chi connectivity index (χ2n) is 5.39. The highest BCUT2D eigenvalue weighted by molar-refractivity contribution is 5.98. The molecule has 1 aromatic heterocycles. The Bertz CT molecular complexity index is 604. The van der Waals surface area contributed by atoms with Crippen molar-refractivity contribution in [3.8, 4) is 0 Å². The van der Waals surface area contributed by atoms with Crippen LogP contribution in [0.25, 0.3) is 10.9 Å². The largest absolute Gasteiger partial charge is 0.361 e. The summed E-state index contributed by atoms with van der Waals surface area (Å²) in [6.07, 6.45) is 1.90. The average molecular weight is 257 g/mol.